The number of carbonyl (C=O) groups is 2. The highest BCUT2D eigenvalue weighted by Gasteiger charge is 2.51. The Morgan fingerprint density at radius 2 is 1.95 bits per heavy atom. The molecular formula is C15H18FNO3. The summed E-state index contributed by atoms with van der Waals surface area (Å²) in [6.07, 6.45) is 1.90. The van der Waals surface area contributed by atoms with E-state index < -0.39 is 17.3 Å². The van der Waals surface area contributed by atoms with E-state index in [0.29, 0.717) is 13.0 Å². The maximum atomic E-state index is 12.9. The van der Waals surface area contributed by atoms with Gasteiger partial charge in [-0.1, -0.05) is 19.1 Å². The predicted molar refractivity (Wildman–Crippen MR) is 71.7 cm³/mol. The minimum Gasteiger partial charge on any atom is -0.481 e. The molecule has 2 rings (SSSR count). The molecule has 1 atom stereocenters. The van der Waals surface area contributed by atoms with Gasteiger partial charge in [-0.3, -0.25) is 9.59 Å². The third-order valence-corrected chi connectivity index (χ3v) is 3.87. The summed E-state index contributed by atoms with van der Waals surface area (Å²) < 4.78 is 12.9. The molecule has 1 aromatic rings. The van der Waals surface area contributed by atoms with Crippen LogP contribution < -0.4 is 5.32 Å². The molecule has 1 amide bonds. The lowest BCUT2D eigenvalue weighted by Gasteiger charge is -2.16. The van der Waals surface area contributed by atoms with Crippen LogP contribution in [0, 0.1) is 11.7 Å². The first-order valence-electron chi connectivity index (χ1n) is 6.73. The molecule has 1 aromatic carbocycles. The highest BCUT2D eigenvalue weighted by molar-refractivity contribution is 5.91. The molecule has 1 saturated carbocycles. The maximum absolute atomic E-state index is 12.9. The zero-order valence-electron chi connectivity index (χ0n) is 11.4. The van der Waals surface area contributed by atoms with Crippen molar-refractivity contribution < 1.29 is 19.1 Å². The van der Waals surface area contributed by atoms with E-state index in [4.69, 9.17) is 5.11 Å². The van der Waals surface area contributed by atoms with Crippen molar-refractivity contribution in [3.8, 4) is 0 Å². The first-order chi connectivity index (χ1) is 9.45. The van der Waals surface area contributed by atoms with Gasteiger partial charge in [0.05, 0.1) is 11.3 Å². The molecule has 0 spiro atoms. The summed E-state index contributed by atoms with van der Waals surface area (Å²) in [6.45, 7) is 1.95. The van der Waals surface area contributed by atoms with Gasteiger partial charge in [-0.2, -0.15) is 0 Å². The Balaban J connectivity index is 1.92. The number of carboxylic acid groups (broad SMARTS) is 1. The van der Waals surface area contributed by atoms with Gasteiger partial charge in [-0.05, 0) is 37.0 Å². The number of amides is 1. The summed E-state index contributed by atoms with van der Waals surface area (Å²) in [6, 6.07) is 5.99. The second-order valence-electron chi connectivity index (χ2n) is 5.37. The molecule has 0 aromatic heterocycles. The number of carboxylic acids is 1. The molecule has 1 fully saturated rings. The van der Waals surface area contributed by atoms with Crippen LogP contribution in [0.1, 0.15) is 31.7 Å². The molecule has 0 bridgehead atoms. The van der Waals surface area contributed by atoms with Gasteiger partial charge in [-0.25, -0.2) is 4.39 Å². The van der Waals surface area contributed by atoms with Crippen LogP contribution in [0.25, 0.3) is 0 Å². The van der Waals surface area contributed by atoms with Gasteiger partial charge in [0.25, 0.3) is 0 Å². The Hall–Kier alpha value is -1.91. The molecule has 0 saturated heterocycles. The molecule has 108 valence electrons. The van der Waals surface area contributed by atoms with Crippen LogP contribution in [0.5, 0.6) is 0 Å². The number of aliphatic carboxylic acids is 1. The zero-order valence-corrected chi connectivity index (χ0v) is 11.4. The monoisotopic (exact) mass is 279 g/mol. The van der Waals surface area contributed by atoms with Crippen LogP contribution in [-0.2, 0) is 15.0 Å². The first-order valence-corrected chi connectivity index (χ1v) is 6.73. The number of hydrogen-bond acceptors (Lipinski definition) is 2. The van der Waals surface area contributed by atoms with Crippen LogP contribution in [0.15, 0.2) is 24.3 Å². The molecular weight excluding hydrogens is 261 g/mol. The molecule has 1 aliphatic rings. The molecule has 20 heavy (non-hydrogen) atoms. The second kappa shape index (κ2) is 5.61. The van der Waals surface area contributed by atoms with E-state index in [0.717, 1.165) is 18.4 Å². The Morgan fingerprint density at radius 3 is 2.45 bits per heavy atom. The van der Waals surface area contributed by atoms with E-state index in [2.05, 4.69) is 5.32 Å². The summed E-state index contributed by atoms with van der Waals surface area (Å²) >= 11 is 0. The fraction of sp³-hybridized carbons (Fsp3) is 0.467. The standard InChI is InChI=1S/C15H18FNO3/c1-10(13(18)19)6-9-17-14(20)15(7-8-15)11-2-4-12(16)5-3-11/h2-5,10H,6-9H2,1H3,(H,17,20)(H,18,19). The van der Waals surface area contributed by atoms with Gasteiger partial charge in [0, 0.05) is 6.54 Å². The second-order valence-corrected chi connectivity index (χ2v) is 5.37. The fourth-order valence-electron chi connectivity index (χ4n) is 2.24. The summed E-state index contributed by atoms with van der Waals surface area (Å²) in [7, 11) is 0. The predicted octanol–water partition coefficient (Wildman–Crippen LogP) is 2.08. The number of hydrogen-bond donors (Lipinski definition) is 2. The number of nitrogens with one attached hydrogen (secondary N) is 1. The first kappa shape index (κ1) is 14.5. The molecule has 1 aliphatic carbocycles. The Morgan fingerprint density at radius 1 is 1.35 bits per heavy atom. The molecule has 0 aliphatic heterocycles. The van der Waals surface area contributed by atoms with Gasteiger partial charge in [0.1, 0.15) is 5.82 Å². The minimum absolute atomic E-state index is 0.0957. The van der Waals surface area contributed by atoms with Crippen molar-refractivity contribution in [3.63, 3.8) is 0 Å². The quantitative estimate of drug-likeness (QED) is 0.838. The van der Waals surface area contributed by atoms with E-state index in [-0.39, 0.29) is 11.7 Å². The largest absolute Gasteiger partial charge is 0.481 e. The Kier molecular flexibility index (Phi) is 4.06. The van der Waals surface area contributed by atoms with E-state index in [1.54, 1.807) is 19.1 Å². The van der Waals surface area contributed by atoms with E-state index in [9.17, 15) is 14.0 Å². The molecule has 0 radical (unpaired) electrons. The normalized spacial score (nSPS) is 17.3. The Bertz CT molecular complexity index is 508. The third kappa shape index (κ3) is 2.98. The van der Waals surface area contributed by atoms with Gasteiger partial charge >= 0.3 is 5.97 Å². The lowest BCUT2D eigenvalue weighted by molar-refractivity contribution is -0.141. The Labute approximate surface area is 117 Å². The molecule has 4 nitrogen and oxygen atoms in total. The lowest BCUT2D eigenvalue weighted by Crippen LogP contribution is -2.36. The minimum atomic E-state index is -0.862. The van der Waals surface area contributed by atoms with Crippen molar-refractivity contribution in [1.29, 1.82) is 0 Å². The molecule has 2 N–H and O–H groups in total. The van der Waals surface area contributed by atoms with E-state index in [1.165, 1.54) is 12.1 Å². The zero-order chi connectivity index (χ0) is 14.8. The summed E-state index contributed by atoms with van der Waals surface area (Å²) in [5.41, 5.74) is 0.280. The fourth-order valence-corrected chi connectivity index (χ4v) is 2.24. The summed E-state index contributed by atoms with van der Waals surface area (Å²) in [4.78, 5) is 22.9. The number of benzene rings is 1. The topological polar surface area (TPSA) is 66.4 Å². The van der Waals surface area contributed by atoms with E-state index in [1.807, 2.05) is 0 Å². The SMILES string of the molecule is CC(CCNC(=O)C1(c2ccc(F)cc2)CC1)C(=O)O. The highest BCUT2D eigenvalue weighted by atomic mass is 19.1. The van der Waals surface area contributed by atoms with E-state index >= 15 is 0 Å². The maximum Gasteiger partial charge on any atom is 0.306 e. The average Bonchev–Trinajstić information content (AvgIpc) is 3.20. The van der Waals surface area contributed by atoms with Crippen LogP contribution >= 0.6 is 0 Å². The van der Waals surface area contributed by atoms with Gasteiger partial charge < -0.3 is 10.4 Å². The molecule has 1 unspecified atom stereocenters. The van der Waals surface area contributed by atoms with Crippen molar-refractivity contribution in [2.45, 2.75) is 31.6 Å². The van der Waals surface area contributed by atoms with Crippen molar-refractivity contribution in [1.82, 2.24) is 5.32 Å². The van der Waals surface area contributed by atoms with Crippen molar-refractivity contribution in [2.24, 2.45) is 5.92 Å². The van der Waals surface area contributed by atoms with Crippen LogP contribution in [0.3, 0.4) is 0 Å². The number of carbonyl (C=O) groups excluding carboxylic acids is 1. The van der Waals surface area contributed by atoms with Crippen molar-refractivity contribution in [3.05, 3.63) is 35.6 Å². The average molecular weight is 279 g/mol. The van der Waals surface area contributed by atoms with Crippen molar-refractivity contribution >= 4 is 11.9 Å². The van der Waals surface area contributed by atoms with Crippen molar-refractivity contribution in [2.75, 3.05) is 6.54 Å². The smallest absolute Gasteiger partial charge is 0.306 e. The number of halogens is 1. The van der Waals surface area contributed by atoms with Gasteiger partial charge in [0.15, 0.2) is 0 Å². The van der Waals surface area contributed by atoms with Crippen LogP contribution in [0.2, 0.25) is 0 Å². The summed E-state index contributed by atoms with van der Waals surface area (Å²) in [5.74, 6) is -1.75. The highest BCUT2D eigenvalue weighted by Crippen LogP contribution is 2.48. The molecule has 5 heteroatoms. The molecule has 0 heterocycles. The number of rotatable bonds is 6. The lowest BCUT2D eigenvalue weighted by atomic mass is 9.95. The van der Waals surface area contributed by atoms with Crippen LogP contribution in [0.4, 0.5) is 4.39 Å². The van der Waals surface area contributed by atoms with Gasteiger partial charge in [0.2, 0.25) is 5.91 Å². The van der Waals surface area contributed by atoms with Crippen LogP contribution in [-0.4, -0.2) is 23.5 Å². The van der Waals surface area contributed by atoms with Gasteiger partial charge in [-0.15, -0.1) is 0 Å². The third-order valence-electron chi connectivity index (χ3n) is 3.87. The summed E-state index contributed by atoms with van der Waals surface area (Å²) in [5, 5.41) is 11.6.